The summed E-state index contributed by atoms with van der Waals surface area (Å²) in [6.45, 7) is 14.1. The Morgan fingerprint density at radius 1 is 1.33 bits per heavy atom. The van der Waals surface area contributed by atoms with Crippen molar-refractivity contribution in [2.75, 3.05) is 13.7 Å². The molecule has 1 fully saturated rings. The molecule has 0 saturated carbocycles. The molecule has 4 unspecified atom stereocenters. The number of hydrogen-bond donors (Lipinski definition) is 1. The third-order valence-electron chi connectivity index (χ3n) is 4.68. The maximum atomic E-state index is 12.2. The van der Waals surface area contributed by atoms with Crippen LogP contribution < -0.4 is 5.32 Å². The minimum Gasteiger partial charge on any atom is -0.468 e. The third kappa shape index (κ3) is 4.96. The van der Waals surface area contributed by atoms with Crippen LogP contribution in [-0.2, 0) is 9.53 Å². The van der Waals surface area contributed by atoms with Gasteiger partial charge in [-0.3, -0.25) is 15.0 Å². The molecular formula is C17H34N2O2. The highest BCUT2D eigenvalue weighted by Crippen LogP contribution is 2.27. The molecule has 0 aromatic carbocycles. The van der Waals surface area contributed by atoms with Gasteiger partial charge in [0, 0.05) is 24.7 Å². The van der Waals surface area contributed by atoms with Crippen LogP contribution in [-0.4, -0.2) is 48.2 Å². The van der Waals surface area contributed by atoms with Crippen LogP contribution in [0.15, 0.2) is 0 Å². The predicted octanol–water partition coefficient (Wildman–Crippen LogP) is 2.82. The first-order chi connectivity index (χ1) is 9.69. The van der Waals surface area contributed by atoms with Crippen LogP contribution in [0.25, 0.3) is 0 Å². The van der Waals surface area contributed by atoms with Gasteiger partial charge in [0.1, 0.15) is 5.54 Å². The van der Waals surface area contributed by atoms with Crippen LogP contribution in [0, 0.1) is 5.92 Å². The molecule has 0 aliphatic carbocycles. The van der Waals surface area contributed by atoms with Crippen LogP contribution in [0.3, 0.4) is 0 Å². The molecule has 4 nitrogen and oxygen atoms in total. The Hall–Kier alpha value is -0.610. The van der Waals surface area contributed by atoms with E-state index in [1.165, 1.54) is 20.0 Å². The SMILES string of the molecule is COC(=O)C(C)(CC(C)N1CC(C)CCC1C)NC(C)C. The number of nitrogens with one attached hydrogen (secondary N) is 1. The zero-order chi connectivity index (χ0) is 16.2. The second-order valence-corrected chi connectivity index (χ2v) is 7.40. The van der Waals surface area contributed by atoms with Crippen molar-refractivity contribution in [2.45, 2.75) is 84.5 Å². The summed E-state index contributed by atoms with van der Waals surface area (Å²) < 4.78 is 5.03. The molecule has 0 amide bonds. The van der Waals surface area contributed by atoms with E-state index < -0.39 is 5.54 Å². The predicted molar refractivity (Wildman–Crippen MR) is 87.3 cm³/mol. The zero-order valence-electron chi connectivity index (χ0n) is 14.9. The van der Waals surface area contributed by atoms with Crippen LogP contribution >= 0.6 is 0 Å². The molecule has 1 heterocycles. The van der Waals surface area contributed by atoms with Gasteiger partial charge in [-0.05, 0) is 59.8 Å². The summed E-state index contributed by atoms with van der Waals surface area (Å²) in [7, 11) is 1.47. The summed E-state index contributed by atoms with van der Waals surface area (Å²) >= 11 is 0. The zero-order valence-corrected chi connectivity index (χ0v) is 14.9. The molecule has 4 atom stereocenters. The average Bonchev–Trinajstić information content (AvgIpc) is 2.39. The van der Waals surface area contributed by atoms with E-state index in [2.05, 4.69) is 44.8 Å². The minimum absolute atomic E-state index is 0.166. The number of nitrogens with zero attached hydrogens (tertiary/aromatic N) is 1. The standard InChI is InChI=1S/C17H34N2O2/c1-12(2)18-17(6,16(20)21-7)10-15(5)19-11-13(3)8-9-14(19)4/h12-15,18H,8-11H2,1-7H3. The quantitative estimate of drug-likeness (QED) is 0.766. The lowest BCUT2D eigenvalue weighted by Crippen LogP contribution is -2.57. The van der Waals surface area contributed by atoms with Gasteiger partial charge in [0.2, 0.25) is 0 Å². The fourth-order valence-corrected chi connectivity index (χ4v) is 3.71. The van der Waals surface area contributed by atoms with E-state index in [9.17, 15) is 4.79 Å². The normalized spacial score (nSPS) is 28.2. The van der Waals surface area contributed by atoms with E-state index in [0.717, 1.165) is 18.9 Å². The lowest BCUT2D eigenvalue weighted by Gasteiger charge is -2.43. The number of carbonyl (C=O) groups excluding carboxylic acids is 1. The van der Waals surface area contributed by atoms with E-state index >= 15 is 0 Å². The van der Waals surface area contributed by atoms with Gasteiger partial charge in [0.15, 0.2) is 0 Å². The molecule has 0 radical (unpaired) electrons. The molecule has 1 aliphatic heterocycles. The van der Waals surface area contributed by atoms with Crippen molar-refractivity contribution < 1.29 is 9.53 Å². The topological polar surface area (TPSA) is 41.6 Å². The molecule has 0 aromatic heterocycles. The van der Waals surface area contributed by atoms with Crippen LogP contribution in [0.2, 0.25) is 0 Å². The molecule has 0 aromatic rings. The number of piperidine rings is 1. The maximum Gasteiger partial charge on any atom is 0.325 e. The van der Waals surface area contributed by atoms with Crippen molar-refractivity contribution in [1.82, 2.24) is 10.2 Å². The summed E-state index contributed by atoms with van der Waals surface area (Å²) in [6.07, 6.45) is 3.33. The largest absolute Gasteiger partial charge is 0.468 e. The smallest absolute Gasteiger partial charge is 0.325 e. The highest BCUT2D eigenvalue weighted by molar-refractivity contribution is 5.80. The Kier molecular flexibility index (Phi) is 6.67. The summed E-state index contributed by atoms with van der Waals surface area (Å²) in [5.74, 6) is 0.576. The molecular weight excluding hydrogens is 264 g/mol. The summed E-state index contributed by atoms with van der Waals surface area (Å²) in [5, 5.41) is 3.40. The molecule has 1 rings (SSSR count). The number of carbonyl (C=O) groups is 1. The van der Waals surface area contributed by atoms with Crippen molar-refractivity contribution in [3.63, 3.8) is 0 Å². The summed E-state index contributed by atoms with van der Waals surface area (Å²) in [4.78, 5) is 14.8. The summed E-state index contributed by atoms with van der Waals surface area (Å²) in [6, 6.07) is 1.20. The van der Waals surface area contributed by atoms with E-state index in [1.54, 1.807) is 0 Å². The van der Waals surface area contributed by atoms with Gasteiger partial charge in [-0.25, -0.2) is 0 Å². The monoisotopic (exact) mass is 298 g/mol. The van der Waals surface area contributed by atoms with Crippen molar-refractivity contribution in [3.05, 3.63) is 0 Å². The highest BCUT2D eigenvalue weighted by Gasteiger charge is 2.39. The van der Waals surface area contributed by atoms with Gasteiger partial charge in [0.05, 0.1) is 7.11 Å². The average molecular weight is 298 g/mol. The van der Waals surface area contributed by atoms with Crippen molar-refractivity contribution >= 4 is 5.97 Å². The second kappa shape index (κ2) is 7.59. The second-order valence-electron chi connectivity index (χ2n) is 7.40. The Balaban J connectivity index is 2.79. The molecule has 1 saturated heterocycles. The van der Waals surface area contributed by atoms with Gasteiger partial charge >= 0.3 is 5.97 Å². The Morgan fingerprint density at radius 3 is 2.48 bits per heavy atom. The van der Waals surface area contributed by atoms with Crippen LogP contribution in [0.1, 0.15) is 60.8 Å². The van der Waals surface area contributed by atoms with Gasteiger partial charge in [-0.1, -0.05) is 6.92 Å². The minimum atomic E-state index is -0.622. The first kappa shape index (κ1) is 18.4. The van der Waals surface area contributed by atoms with Gasteiger partial charge < -0.3 is 4.74 Å². The van der Waals surface area contributed by atoms with Crippen LogP contribution in [0.5, 0.6) is 0 Å². The number of hydrogen-bond acceptors (Lipinski definition) is 4. The molecule has 0 spiro atoms. The first-order valence-electron chi connectivity index (χ1n) is 8.31. The van der Waals surface area contributed by atoms with Crippen LogP contribution in [0.4, 0.5) is 0 Å². The number of rotatable bonds is 6. The lowest BCUT2D eigenvalue weighted by atomic mass is 9.88. The maximum absolute atomic E-state index is 12.2. The van der Waals surface area contributed by atoms with E-state index in [1.807, 2.05) is 6.92 Å². The lowest BCUT2D eigenvalue weighted by molar-refractivity contribution is -0.149. The van der Waals surface area contributed by atoms with Crippen molar-refractivity contribution in [3.8, 4) is 0 Å². The number of esters is 1. The fraction of sp³-hybridized carbons (Fsp3) is 0.941. The first-order valence-corrected chi connectivity index (χ1v) is 8.31. The van der Waals surface area contributed by atoms with Gasteiger partial charge in [-0.15, -0.1) is 0 Å². The molecule has 1 N–H and O–H groups in total. The van der Waals surface area contributed by atoms with Gasteiger partial charge in [-0.2, -0.15) is 0 Å². The third-order valence-corrected chi connectivity index (χ3v) is 4.68. The van der Waals surface area contributed by atoms with Crippen molar-refractivity contribution in [1.29, 1.82) is 0 Å². The molecule has 0 bridgehead atoms. The van der Waals surface area contributed by atoms with E-state index in [-0.39, 0.29) is 12.0 Å². The Bertz CT molecular complexity index is 346. The Morgan fingerprint density at radius 2 is 1.95 bits per heavy atom. The molecule has 4 heteroatoms. The number of methoxy groups -OCH3 is 1. The Labute approximate surface area is 130 Å². The molecule has 124 valence electrons. The van der Waals surface area contributed by atoms with E-state index in [0.29, 0.717) is 12.1 Å². The fourth-order valence-electron chi connectivity index (χ4n) is 3.71. The van der Waals surface area contributed by atoms with Crippen molar-refractivity contribution in [2.24, 2.45) is 5.92 Å². The molecule has 1 aliphatic rings. The number of ether oxygens (including phenoxy) is 1. The summed E-state index contributed by atoms with van der Waals surface area (Å²) in [5.41, 5.74) is -0.622. The molecule has 21 heavy (non-hydrogen) atoms. The van der Waals surface area contributed by atoms with Gasteiger partial charge in [0.25, 0.3) is 0 Å². The number of likely N-dealkylation sites (tertiary alicyclic amines) is 1. The highest BCUT2D eigenvalue weighted by atomic mass is 16.5. The van der Waals surface area contributed by atoms with E-state index in [4.69, 9.17) is 4.74 Å².